The summed E-state index contributed by atoms with van der Waals surface area (Å²) in [4.78, 5) is 18.2. The first-order valence-electron chi connectivity index (χ1n) is 11.1. The maximum atomic E-state index is 13.5. The topological polar surface area (TPSA) is 99.7 Å². The predicted molar refractivity (Wildman–Crippen MR) is 123 cm³/mol. The summed E-state index contributed by atoms with van der Waals surface area (Å²) in [5, 5.41) is 21.2. The first kappa shape index (κ1) is 22.4. The van der Waals surface area contributed by atoms with Gasteiger partial charge in [0.15, 0.2) is 0 Å². The number of pyridine rings is 1. The molecule has 1 amide bonds. The lowest BCUT2D eigenvalue weighted by molar-refractivity contribution is -0.116. The van der Waals surface area contributed by atoms with Crippen LogP contribution in [0.25, 0.3) is 11.1 Å². The number of nitrogens with one attached hydrogen (secondary N) is 1. The van der Waals surface area contributed by atoms with E-state index >= 15 is 0 Å². The molecular formula is C24H26FN7O. The Balaban J connectivity index is 1.72. The minimum absolute atomic E-state index is 0.128. The van der Waals surface area contributed by atoms with E-state index in [0.717, 1.165) is 36.3 Å². The molecule has 1 aliphatic rings. The van der Waals surface area contributed by atoms with Gasteiger partial charge in [0.1, 0.15) is 18.2 Å². The molecule has 33 heavy (non-hydrogen) atoms. The van der Waals surface area contributed by atoms with Crippen LogP contribution in [0.15, 0.2) is 36.8 Å². The fourth-order valence-electron chi connectivity index (χ4n) is 4.37. The third-order valence-electron chi connectivity index (χ3n) is 6.00. The molecule has 170 valence electrons. The van der Waals surface area contributed by atoms with E-state index in [1.165, 1.54) is 12.3 Å². The largest absolute Gasteiger partial charge is 0.370 e. The van der Waals surface area contributed by atoms with E-state index in [0.29, 0.717) is 36.3 Å². The Morgan fingerprint density at radius 1 is 1.27 bits per heavy atom. The number of hydrogen-bond donors (Lipinski definition) is 1. The van der Waals surface area contributed by atoms with Gasteiger partial charge in [-0.25, -0.2) is 4.98 Å². The zero-order valence-electron chi connectivity index (χ0n) is 18.8. The van der Waals surface area contributed by atoms with Crippen LogP contribution in [0, 0.1) is 17.3 Å². The van der Waals surface area contributed by atoms with E-state index in [4.69, 9.17) is 0 Å². The van der Waals surface area contributed by atoms with Crippen molar-refractivity contribution in [2.45, 2.75) is 38.5 Å². The summed E-state index contributed by atoms with van der Waals surface area (Å²) in [6.45, 7) is 3.35. The highest BCUT2D eigenvalue weighted by Crippen LogP contribution is 2.40. The van der Waals surface area contributed by atoms with E-state index in [-0.39, 0.29) is 11.8 Å². The minimum Gasteiger partial charge on any atom is -0.370 e. The van der Waals surface area contributed by atoms with Gasteiger partial charge >= 0.3 is 0 Å². The summed E-state index contributed by atoms with van der Waals surface area (Å²) < 4.78 is 15.4. The molecule has 1 N–H and O–H groups in total. The molecule has 3 aromatic rings. The van der Waals surface area contributed by atoms with Crippen LogP contribution in [0.4, 0.5) is 15.8 Å². The quantitative estimate of drug-likeness (QED) is 0.573. The number of benzene rings is 1. The molecule has 3 heterocycles. The second-order valence-electron chi connectivity index (χ2n) is 8.23. The van der Waals surface area contributed by atoms with Gasteiger partial charge in [0.2, 0.25) is 11.9 Å². The van der Waals surface area contributed by atoms with Crippen LogP contribution in [0.5, 0.6) is 0 Å². The average Bonchev–Trinajstić information content (AvgIpc) is 3.25. The number of nitrogens with zero attached hydrogens (tertiary/aromatic N) is 6. The molecule has 9 heteroatoms. The van der Waals surface area contributed by atoms with Crippen molar-refractivity contribution in [1.29, 1.82) is 5.26 Å². The van der Waals surface area contributed by atoms with Crippen LogP contribution in [0.3, 0.4) is 0 Å². The summed E-state index contributed by atoms with van der Waals surface area (Å²) in [7, 11) is 1.94. The van der Waals surface area contributed by atoms with Crippen LogP contribution in [-0.4, -0.2) is 38.7 Å². The second-order valence-corrected chi connectivity index (χ2v) is 8.23. The Bertz CT molecular complexity index is 1170. The summed E-state index contributed by atoms with van der Waals surface area (Å²) in [5.41, 5.74) is 3.12. The monoisotopic (exact) mass is 447 g/mol. The van der Waals surface area contributed by atoms with Gasteiger partial charge in [-0.1, -0.05) is 13.0 Å². The fourth-order valence-corrected chi connectivity index (χ4v) is 4.37. The van der Waals surface area contributed by atoms with Crippen LogP contribution in [0.1, 0.15) is 49.9 Å². The Kier molecular flexibility index (Phi) is 6.63. The number of rotatable bonds is 6. The molecule has 0 saturated carbocycles. The van der Waals surface area contributed by atoms with Gasteiger partial charge in [-0.3, -0.25) is 4.79 Å². The molecule has 8 nitrogen and oxygen atoms in total. The first-order chi connectivity index (χ1) is 16.0. The number of aromatic nitrogens is 4. The lowest BCUT2D eigenvalue weighted by atomic mass is 9.92. The van der Waals surface area contributed by atoms with Gasteiger partial charge in [0.05, 0.1) is 16.9 Å². The van der Waals surface area contributed by atoms with Gasteiger partial charge < -0.3 is 14.8 Å². The molecule has 0 radical (unpaired) electrons. The third-order valence-corrected chi connectivity index (χ3v) is 6.00. The molecule has 1 aliphatic heterocycles. The first-order valence-corrected chi connectivity index (χ1v) is 11.1. The number of carbonyl (C=O) groups excluding carboxylic acids is 1. The van der Waals surface area contributed by atoms with E-state index in [1.807, 2.05) is 24.6 Å². The third kappa shape index (κ3) is 4.70. The highest BCUT2D eigenvalue weighted by atomic mass is 19.1. The number of carbonyl (C=O) groups is 1. The zero-order valence-corrected chi connectivity index (χ0v) is 18.8. The van der Waals surface area contributed by atoms with Gasteiger partial charge in [0, 0.05) is 49.8 Å². The van der Waals surface area contributed by atoms with Crippen molar-refractivity contribution >= 4 is 17.3 Å². The molecule has 0 atom stereocenters. The summed E-state index contributed by atoms with van der Waals surface area (Å²) in [6, 6.07) is 8.86. The minimum atomic E-state index is -0.561. The number of piperidine rings is 1. The van der Waals surface area contributed by atoms with Crippen molar-refractivity contribution in [3.8, 4) is 17.2 Å². The molecule has 1 aromatic carbocycles. The highest BCUT2D eigenvalue weighted by molar-refractivity contribution is 5.96. The number of aryl methyl sites for hydroxylation is 1. The highest BCUT2D eigenvalue weighted by Gasteiger charge is 2.28. The second kappa shape index (κ2) is 9.77. The molecule has 0 spiro atoms. The van der Waals surface area contributed by atoms with E-state index in [1.54, 1.807) is 18.5 Å². The smallest absolute Gasteiger partial charge is 0.224 e. The van der Waals surface area contributed by atoms with Gasteiger partial charge in [-0.2, -0.15) is 9.65 Å². The predicted octanol–water partition coefficient (Wildman–Crippen LogP) is 4.01. The SMILES string of the molecule is CCCC(=O)Nc1ccc(-c2ccc(F)nc2)c(N2CCC(c3nncn3C)CC2)c1C#N. The van der Waals surface area contributed by atoms with Crippen LogP contribution in [-0.2, 0) is 11.8 Å². The molecule has 4 rings (SSSR count). The van der Waals surface area contributed by atoms with Crippen LogP contribution >= 0.6 is 0 Å². The van der Waals surface area contributed by atoms with Crippen LogP contribution in [0.2, 0.25) is 0 Å². The standard InChI is InChI=1S/C24H26FN7O/c1-3-4-22(33)29-20-7-6-18(17-5-8-21(25)27-14-17)23(19(20)13-26)32-11-9-16(10-12-32)24-30-28-15-31(24)2/h5-8,14-16H,3-4,9-12H2,1-2H3,(H,29,33). The molecule has 0 aliphatic carbocycles. The van der Waals surface area contributed by atoms with Crippen molar-refractivity contribution in [2.24, 2.45) is 7.05 Å². The number of amides is 1. The fraction of sp³-hybridized carbons (Fsp3) is 0.375. The van der Waals surface area contributed by atoms with E-state index in [2.05, 4.69) is 31.5 Å². The van der Waals surface area contributed by atoms with Crippen molar-refractivity contribution < 1.29 is 9.18 Å². The van der Waals surface area contributed by atoms with E-state index in [9.17, 15) is 14.4 Å². The molecule has 0 unspecified atom stereocenters. The van der Waals surface area contributed by atoms with Crippen molar-refractivity contribution in [3.05, 3.63) is 54.1 Å². The lowest BCUT2D eigenvalue weighted by Gasteiger charge is -2.35. The maximum absolute atomic E-state index is 13.5. The zero-order chi connectivity index (χ0) is 23.4. The molecule has 0 bridgehead atoms. The number of anilines is 2. The Morgan fingerprint density at radius 3 is 2.67 bits per heavy atom. The van der Waals surface area contributed by atoms with Crippen molar-refractivity contribution in [2.75, 3.05) is 23.3 Å². The number of hydrogen-bond acceptors (Lipinski definition) is 6. The number of nitriles is 1. The van der Waals surface area contributed by atoms with Crippen LogP contribution < -0.4 is 10.2 Å². The molecule has 1 saturated heterocycles. The number of halogens is 1. The Hall–Kier alpha value is -3.80. The van der Waals surface area contributed by atoms with Gasteiger partial charge in [-0.05, 0) is 37.5 Å². The lowest BCUT2D eigenvalue weighted by Crippen LogP contribution is -2.34. The maximum Gasteiger partial charge on any atom is 0.224 e. The van der Waals surface area contributed by atoms with Crippen molar-refractivity contribution in [3.63, 3.8) is 0 Å². The Labute approximate surface area is 192 Å². The van der Waals surface area contributed by atoms with Gasteiger partial charge in [0.25, 0.3) is 0 Å². The summed E-state index contributed by atoms with van der Waals surface area (Å²) in [5.74, 6) is 0.548. The molecule has 1 fully saturated rings. The molecule has 2 aromatic heterocycles. The summed E-state index contributed by atoms with van der Waals surface area (Å²) >= 11 is 0. The molecular weight excluding hydrogens is 421 g/mol. The van der Waals surface area contributed by atoms with Gasteiger partial charge in [-0.15, -0.1) is 10.2 Å². The summed E-state index contributed by atoms with van der Waals surface area (Å²) in [6.07, 6.45) is 5.98. The normalized spacial score (nSPS) is 14.2. The average molecular weight is 448 g/mol. The Morgan fingerprint density at radius 2 is 2.06 bits per heavy atom. The van der Waals surface area contributed by atoms with E-state index < -0.39 is 5.95 Å². The van der Waals surface area contributed by atoms with Crippen molar-refractivity contribution in [1.82, 2.24) is 19.7 Å².